The monoisotopic (exact) mass is 482 g/mol. The summed E-state index contributed by atoms with van der Waals surface area (Å²) in [5.41, 5.74) is 6.19. The Morgan fingerprint density at radius 2 is 1.63 bits per heavy atom. The highest BCUT2D eigenvalue weighted by molar-refractivity contribution is 7.99. The number of hydrogen-bond donors (Lipinski definition) is 1. The van der Waals surface area contributed by atoms with Crippen LogP contribution in [-0.4, -0.2) is 12.1 Å². The third-order valence-electron chi connectivity index (χ3n) is 5.71. The Morgan fingerprint density at radius 3 is 2.34 bits per heavy atom. The molecule has 1 aliphatic rings. The summed E-state index contributed by atoms with van der Waals surface area (Å²) < 4.78 is 13.3. The number of carbonyl (C=O) groups is 1. The summed E-state index contributed by atoms with van der Waals surface area (Å²) in [6, 6.07) is 31.2. The van der Waals surface area contributed by atoms with E-state index in [2.05, 4.69) is 42.6 Å². The van der Waals surface area contributed by atoms with Crippen LogP contribution in [0.2, 0.25) is 0 Å². The first-order valence-corrected chi connectivity index (χ1v) is 12.4. The molecule has 176 valence electrons. The molecule has 0 bridgehead atoms. The maximum atomic E-state index is 13.3. The standard InChI is InChI=1S/C20H14FNS.C10H13NO/c1-13-6-11-19-17(12-13)22-20(14-7-9-15(21)10-8-14)16-4-2-3-5-18(16)23-19;1-2-10(11-8-12)9-6-4-3-5-7-9/h2-12H,1H3;3-8,10H,2H2,1H3,(H,11,12). The van der Waals surface area contributed by atoms with Gasteiger partial charge in [-0.05, 0) is 66.9 Å². The zero-order chi connectivity index (χ0) is 24.6. The Hall–Kier alpha value is -3.70. The first-order valence-electron chi connectivity index (χ1n) is 11.6. The van der Waals surface area contributed by atoms with Crippen molar-refractivity contribution in [3.05, 3.63) is 125 Å². The zero-order valence-electron chi connectivity index (χ0n) is 19.7. The molecule has 1 heterocycles. The number of benzene rings is 4. The second-order valence-corrected chi connectivity index (χ2v) is 9.28. The lowest BCUT2D eigenvalue weighted by Crippen LogP contribution is -2.18. The minimum Gasteiger partial charge on any atom is -0.352 e. The van der Waals surface area contributed by atoms with Gasteiger partial charge in [0.15, 0.2) is 0 Å². The van der Waals surface area contributed by atoms with Gasteiger partial charge in [0, 0.05) is 20.9 Å². The number of halogens is 1. The summed E-state index contributed by atoms with van der Waals surface area (Å²) >= 11 is 1.72. The van der Waals surface area contributed by atoms with E-state index in [1.54, 1.807) is 23.9 Å². The second kappa shape index (κ2) is 11.6. The van der Waals surface area contributed by atoms with Gasteiger partial charge in [-0.3, -0.25) is 4.79 Å². The summed E-state index contributed by atoms with van der Waals surface area (Å²) in [4.78, 5) is 17.5. The maximum absolute atomic E-state index is 13.3. The smallest absolute Gasteiger partial charge is 0.207 e. The van der Waals surface area contributed by atoms with Crippen molar-refractivity contribution in [1.29, 1.82) is 0 Å². The highest BCUT2D eigenvalue weighted by Gasteiger charge is 2.18. The lowest BCUT2D eigenvalue weighted by molar-refractivity contribution is -0.110. The fourth-order valence-corrected chi connectivity index (χ4v) is 4.90. The molecule has 1 aliphatic heterocycles. The van der Waals surface area contributed by atoms with Crippen molar-refractivity contribution >= 4 is 29.6 Å². The normalized spacial score (nSPS) is 12.6. The van der Waals surface area contributed by atoms with Gasteiger partial charge in [0.05, 0.1) is 17.4 Å². The number of fused-ring (bicyclic) bond motifs is 2. The van der Waals surface area contributed by atoms with Crippen molar-refractivity contribution in [2.45, 2.75) is 36.1 Å². The highest BCUT2D eigenvalue weighted by atomic mass is 32.2. The summed E-state index contributed by atoms with van der Waals surface area (Å²) in [7, 11) is 0. The van der Waals surface area contributed by atoms with Gasteiger partial charge in [-0.1, -0.05) is 73.3 Å². The van der Waals surface area contributed by atoms with Crippen LogP contribution in [0.1, 0.15) is 41.6 Å². The molecule has 1 atom stereocenters. The minimum atomic E-state index is -0.234. The number of amides is 1. The van der Waals surface area contributed by atoms with Gasteiger partial charge in [0.1, 0.15) is 5.82 Å². The fourth-order valence-electron chi connectivity index (χ4n) is 3.90. The molecule has 5 heteroatoms. The van der Waals surface area contributed by atoms with E-state index in [0.29, 0.717) is 0 Å². The molecule has 0 saturated heterocycles. The van der Waals surface area contributed by atoms with Crippen LogP contribution in [0.5, 0.6) is 0 Å². The van der Waals surface area contributed by atoms with Gasteiger partial charge in [0.2, 0.25) is 6.41 Å². The number of nitrogens with one attached hydrogen (secondary N) is 1. The topological polar surface area (TPSA) is 41.5 Å². The predicted molar refractivity (Wildman–Crippen MR) is 142 cm³/mol. The van der Waals surface area contributed by atoms with E-state index >= 15 is 0 Å². The molecule has 3 nitrogen and oxygen atoms in total. The van der Waals surface area contributed by atoms with Crippen LogP contribution < -0.4 is 5.32 Å². The van der Waals surface area contributed by atoms with Crippen molar-refractivity contribution in [1.82, 2.24) is 5.32 Å². The molecule has 0 aliphatic carbocycles. The highest BCUT2D eigenvalue weighted by Crippen LogP contribution is 2.41. The van der Waals surface area contributed by atoms with Crippen molar-refractivity contribution in [3.8, 4) is 0 Å². The van der Waals surface area contributed by atoms with Crippen LogP contribution in [0, 0.1) is 12.7 Å². The Kier molecular flexibility index (Phi) is 8.11. The Morgan fingerprint density at radius 1 is 0.914 bits per heavy atom. The molecule has 1 amide bonds. The van der Waals surface area contributed by atoms with Crippen LogP contribution in [0.15, 0.2) is 112 Å². The van der Waals surface area contributed by atoms with E-state index in [1.807, 2.05) is 49.4 Å². The average molecular weight is 483 g/mol. The molecule has 0 spiro atoms. The van der Waals surface area contributed by atoms with E-state index in [1.165, 1.54) is 17.7 Å². The zero-order valence-corrected chi connectivity index (χ0v) is 20.6. The molecule has 1 N–H and O–H groups in total. The Bertz CT molecular complexity index is 1320. The number of nitrogens with zero attached hydrogens (tertiary/aromatic N) is 1. The summed E-state index contributed by atoms with van der Waals surface area (Å²) in [5, 5.41) is 2.77. The Labute approximate surface area is 210 Å². The lowest BCUT2D eigenvalue weighted by Gasteiger charge is -2.13. The molecule has 1 unspecified atom stereocenters. The van der Waals surface area contributed by atoms with Crippen LogP contribution in [0.4, 0.5) is 10.1 Å². The number of rotatable bonds is 5. The van der Waals surface area contributed by atoms with Gasteiger partial charge >= 0.3 is 0 Å². The van der Waals surface area contributed by atoms with E-state index < -0.39 is 0 Å². The molecule has 5 rings (SSSR count). The van der Waals surface area contributed by atoms with Crippen LogP contribution >= 0.6 is 11.8 Å². The third-order valence-corrected chi connectivity index (χ3v) is 6.85. The van der Waals surface area contributed by atoms with Crippen LogP contribution in [0.25, 0.3) is 0 Å². The molecule has 4 aromatic carbocycles. The average Bonchev–Trinajstić information content (AvgIpc) is 3.05. The van der Waals surface area contributed by atoms with E-state index in [0.717, 1.165) is 50.7 Å². The molecule has 4 aromatic rings. The first kappa shape index (κ1) is 24.4. The SMILES string of the molecule is CCC(NC=O)c1ccccc1.Cc1ccc2c(c1)N=C(c1ccc(F)cc1)c1ccccc1S2. The van der Waals surface area contributed by atoms with Crippen molar-refractivity contribution < 1.29 is 9.18 Å². The van der Waals surface area contributed by atoms with Crippen LogP contribution in [-0.2, 0) is 4.79 Å². The number of hydrogen-bond acceptors (Lipinski definition) is 3. The third kappa shape index (κ3) is 6.06. The summed E-state index contributed by atoms with van der Waals surface area (Å²) in [6.45, 7) is 4.12. The van der Waals surface area contributed by atoms with E-state index in [-0.39, 0.29) is 11.9 Å². The molecule has 0 saturated carbocycles. The van der Waals surface area contributed by atoms with E-state index in [9.17, 15) is 9.18 Å². The number of aryl methyl sites for hydroxylation is 1. The molecular weight excluding hydrogens is 455 g/mol. The summed E-state index contributed by atoms with van der Waals surface area (Å²) in [6.07, 6.45) is 1.67. The fraction of sp³-hybridized carbons (Fsp3) is 0.133. The van der Waals surface area contributed by atoms with Gasteiger partial charge < -0.3 is 5.32 Å². The lowest BCUT2D eigenvalue weighted by atomic mass is 10.0. The molecule has 35 heavy (non-hydrogen) atoms. The van der Waals surface area contributed by atoms with Gasteiger partial charge in [-0.25, -0.2) is 9.38 Å². The number of aliphatic imine (C=N–C) groups is 1. The van der Waals surface area contributed by atoms with Gasteiger partial charge in [-0.15, -0.1) is 0 Å². The molecule has 0 fully saturated rings. The first-order chi connectivity index (χ1) is 17.1. The van der Waals surface area contributed by atoms with Crippen molar-refractivity contribution in [2.75, 3.05) is 0 Å². The largest absolute Gasteiger partial charge is 0.352 e. The predicted octanol–water partition coefficient (Wildman–Crippen LogP) is 7.65. The second-order valence-electron chi connectivity index (χ2n) is 8.19. The maximum Gasteiger partial charge on any atom is 0.207 e. The van der Waals surface area contributed by atoms with Crippen LogP contribution in [0.3, 0.4) is 0 Å². The van der Waals surface area contributed by atoms with Crippen molar-refractivity contribution in [2.24, 2.45) is 4.99 Å². The molecular formula is C30H27FN2OS. The molecule has 0 aromatic heterocycles. The quantitative estimate of drug-likeness (QED) is 0.261. The number of carbonyl (C=O) groups excluding carboxylic acids is 1. The molecule has 0 radical (unpaired) electrons. The van der Waals surface area contributed by atoms with E-state index in [4.69, 9.17) is 4.99 Å². The minimum absolute atomic E-state index is 0.156. The Balaban J connectivity index is 0.000000204. The van der Waals surface area contributed by atoms with Crippen molar-refractivity contribution in [3.63, 3.8) is 0 Å². The summed E-state index contributed by atoms with van der Waals surface area (Å²) in [5.74, 6) is -0.234. The van der Waals surface area contributed by atoms with Gasteiger partial charge in [-0.2, -0.15) is 0 Å². The van der Waals surface area contributed by atoms with Gasteiger partial charge in [0.25, 0.3) is 0 Å².